The van der Waals surface area contributed by atoms with Gasteiger partial charge in [-0.05, 0) is 44.6 Å². The Morgan fingerprint density at radius 2 is 1.38 bits per heavy atom. The molecule has 0 atom stereocenters. The summed E-state index contributed by atoms with van der Waals surface area (Å²) in [6.07, 6.45) is 12.6. The predicted octanol–water partition coefficient (Wildman–Crippen LogP) is 4.52. The maximum Gasteiger partial charge on any atom is 0.0173 e. The molecule has 0 aromatic heterocycles. The molecule has 0 spiro atoms. The Hall–Kier alpha value is -0.0400. The molecule has 1 rings (SSSR count). The molecule has 0 aromatic carbocycles. The number of rotatable bonds is 6. The molecule has 1 heteroatoms. The molecule has 0 bridgehead atoms. The molecule has 0 unspecified atom stereocenters. The summed E-state index contributed by atoms with van der Waals surface area (Å²) >= 11 is 0. The van der Waals surface area contributed by atoms with E-state index in [0.29, 0.717) is 5.54 Å². The summed E-state index contributed by atoms with van der Waals surface area (Å²) in [6.45, 7) is 8.24. The molecular formula is C15H31N. The van der Waals surface area contributed by atoms with Gasteiger partial charge in [-0.3, -0.25) is 0 Å². The van der Waals surface area contributed by atoms with Crippen LogP contribution in [0, 0.1) is 5.92 Å². The van der Waals surface area contributed by atoms with Gasteiger partial charge in [-0.2, -0.15) is 0 Å². The van der Waals surface area contributed by atoms with Crippen LogP contribution in [0.2, 0.25) is 0 Å². The fourth-order valence-corrected chi connectivity index (χ4v) is 3.05. The summed E-state index contributed by atoms with van der Waals surface area (Å²) in [5.41, 5.74) is 0.423. The van der Waals surface area contributed by atoms with Crippen LogP contribution >= 0.6 is 0 Å². The molecule has 1 aliphatic rings. The lowest BCUT2D eigenvalue weighted by molar-refractivity contribution is 0.262. The highest BCUT2D eigenvalue weighted by Crippen LogP contribution is 2.25. The van der Waals surface area contributed by atoms with Crippen LogP contribution in [-0.4, -0.2) is 12.1 Å². The maximum atomic E-state index is 3.88. The summed E-state index contributed by atoms with van der Waals surface area (Å²) < 4.78 is 0. The van der Waals surface area contributed by atoms with Gasteiger partial charge in [0, 0.05) is 5.54 Å². The van der Waals surface area contributed by atoms with Crippen LogP contribution < -0.4 is 5.32 Å². The third-order valence-corrected chi connectivity index (χ3v) is 4.77. The monoisotopic (exact) mass is 225 g/mol. The second-order valence-corrected chi connectivity index (χ2v) is 5.58. The van der Waals surface area contributed by atoms with Crippen LogP contribution in [0.15, 0.2) is 0 Å². The molecule has 1 fully saturated rings. The van der Waals surface area contributed by atoms with E-state index in [1.54, 1.807) is 0 Å². The standard InChI is InChI=1S/C15H31N/c1-4-15(5-2,6-3)16-13-14-11-9-7-8-10-12-14/h14,16H,4-13H2,1-3H3. The molecule has 0 amide bonds. The Labute approximate surface area is 102 Å². The van der Waals surface area contributed by atoms with Crippen molar-refractivity contribution in [1.29, 1.82) is 0 Å². The van der Waals surface area contributed by atoms with Crippen molar-refractivity contribution >= 4 is 0 Å². The topological polar surface area (TPSA) is 12.0 Å². The smallest absolute Gasteiger partial charge is 0.0173 e. The predicted molar refractivity (Wildman–Crippen MR) is 72.8 cm³/mol. The average molecular weight is 225 g/mol. The highest BCUT2D eigenvalue weighted by Gasteiger charge is 2.24. The first-order valence-electron chi connectivity index (χ1n) is 7.51. The number of nitrogens with one attached hydrogen (secondary N) is 1. The van der Waals surface area contributed by atoms with Crippen molar-refractivity contribution in [3.8, 4) is 0 Å². The number of hydrogen-bond donors (Lipinski definition) is 1. The normalized spacial score (nSPS) is 19.7. The van der Waals surface area contributed by atoms with Gasteiger partial charge in [-0.25, -0.2) is 0 Å². The lowest BCUT2D eigenvalue weighted by Crippen LogP contribution is -2.45. The minimum atomic E-state index is 0.423. The second-order valence-electron chi connectivity index (χ2n) is 5.58. The van der Waals surface area contributed by atoms with Crippen LogP contribution in [0.4, 0.5) is 0 Å². The highest BCUT2D eigenvalue weighted by molar-refractivity contribution is 4.85. The fraction of sp³-hybridized carbons (Fsp3) is 1.00. The van der Waals surface area contributed by atoms with E-state index in [9.17, 15) is 0 Å². The lowest BCUT2D eigenvalue weighted by Gasteiger charge is -2.33. The number of hydrogen-bond acceptors (Lipinski definition) is 1. The van der Waals surface area contributed by atoms with E-state index in [4.69, 9.17) is 0 Å². The molecule has 1 saturated carbocycles. The summed E-state index contributed by atoms with van der Waals surface area (Å²) in [7, 11) is 0. The third kappa shape index (κ3) is 4.08. The first kappa shape index (κ1) is 14.0. The third-order valence-electron chi connectivity index (χ3n) is 4.77. The molecule has 96 valence electrons. The van der Waals surface area contributed by atoms with Crippen LogP contribution in [0.25, 0.3) is 0 Å². The second kappa shape index (κ2) is 7.32. The molecule has 16 heavy (non-hydrogen) atoms. The van der Waals surface area contributed by atoms with Gasteiger partial charge in [0.25, 0.3) is 0 Å². The van der Waals surface area contributed by atoms with E-state index in [1.165, 1.54) is 64.3 Å². The van der Waals surface area contributed by atoms with Crippen molar-refractivity contribution < 1.29 is 0 Å². The largest absolute Gasteiger partial charge is 0.311 e. The van der Waals surface area contributed by atoms with Gasteiger partial charge in [-0.1, -0.05) is 46.5 Å². The van der Waals surface area contributed by atoms with Crippen molar-refractivity contribution in [2.24, 2.45) is 5.92 Å². The van der Waals surface area contributed by atoms with Gasteiger partial charge in [0.15, 0.2) is 0 Å². The SMILES string of the molecule is CCC(CC)(CC)NCC1CCCCCC1. The zero-order chi connectivity index (χ0) is 11.9. The molecule has 1 aliphatic carbocycles. The van der Waals surface area contributed by atoms with Gasteiger partial charge in [-0.15, -0.1) is 0 Å². The van der Waals surface area contributed by atoms with Crippen molar-refractivity contribution in [2.75, 3.05) is 6.54 Å². The van der Waals surface area contributed by atoms with Gasteiger partial charge in [0.1, 0.15) is 0 Å². The summed E-state index contributed by atoms with van der Waals surface area (Å²) in [6, 6.07) is 0. The Kier molecular flexibility index (Phi) is 6.41. The van der Waals surface area contributed by atoms with E-state index in [0.717, 1.165) is 5.92 Å². The average Bonchev–Trinajstić information content (AvgIpc) is 2.60. The Morgan fingerprint density at radius 1 is 0.875 bits per heavy atom. The Balaban J connectivity index is 2.35. The molecule has 0 saturated heterocycles. The lowest BCUT2D eigenvalue weighted by atomic mass is 9.88. The van der Waals surface area contributed by atoms with E-state index < -0.39 is 0 Å². The van der Waals surface area contributed by atoms with E-state index in [1.807, 2.05) is 0 Å². The molecular weight excluding hydrogens is 194 g/mol. The molecule has 0 aromatic rings. The van der Waals surface area contributed by atoms with Crippen molar-refractivity contribution in [1.82, 2.24) is 5.32 Å². The minimum Gasteiger partial charge on any atom is -0.311 e. The first-order valence-corrected chi connectivity index (χ1v) is 7.51. The molecule has 0 aliphatic heterocycles. The maximum absolute atomic E-state index is 3.88. The van der Waals surface area contributed by atoms with E-state index >= 15 is 0 Å². The summed E-state index contributed by atoms with van der Waals surface area (Å²) in [5, 5.41) is 3.88. The Morgan fingerprint density at radius 3 is 1.81 bits per heavy atom. The minimum absolute atomic E-state index is 0.423. The molecule has 1 N–H and O–H groups in total. The van der Waals surface area contributed by atoms with Crippen molar-refractivity contribution in [3.05, 3.63) is 0 Å². The summed E-state index contributed by atoms with van der Waals surface area (Å²) in [5.74, 6) is 0.950. The molecule has 1 nitrogen and oxygen atoms in total. The fourth-order valence-electron chi connectivity index (χ4n) is 3.05. The van der Waals surface area contributed by atoms with Gasteiger partial charge in [0.2, 0.25) is 0 Å². The highest BCUT2D eigenvalue weighted by atomic mass is 15.0. The van der Waals surface area contributed by atoms with Gasteiger partial charge in [0.05, 0.1) is 0 Å². The summed E-state index contributed by atoms with van der Waals surface area (Å²) in [4.78, 5) is 0. The zero-order valence-corrected chi connectivity index (χ0v) is 11.6. The van der Waals surface area contributed by atoms with Crippen molar-refractivity contribution in [3.63, 3.8) is 0 Å². The van der Waals surface area contributed by atoms with Crippen LogP contribution in [0.1, 0.15) is 78.6 Å². The van der Waals surface area contributed by atoms with Gasteiger partial charge >= 0.3 is 0 Å². The van der Waals surface area contributed by atoms with Crippen LogP contribution in [-0.2, 0) is 0 Å². The van der Waals surface area contributed by atoms with Gasteiger partial charge < -0.3 is 5.32 Å². The van der Waals surface area contributed by atoms with E-state index in [2.05, 4.69) is 26.1 Å². The van der Waals surface area contributed by atoms with E-state index in [-0.39, 0.29) is 0 Å². The van der Waals surface area contributed by atoms with Crippen molar-refractivity contribution in [2.45, 2.75) is 84.1 Å². The first-order chi connectivity index (χ1) is 7.76. The molecule has 0 radical (unpaired) electrons. The Bertz CT molecular complexity index is 156. The zero-order valence-electron chi connectivity index (χ0n) is 11.6. The van der Waals surface area contributed by atoms with Crippen LogP contribution in [0.3, 0.4) is 0 Å². The van der Waals surface area contributed by atoms with Crippen LogP contribution in [0.5, 0.6) is 0 Å². The molecule has 0 heterocycles. The quantitative estimate of drug-likeness (QED) is 0.656.